The number of carbonyl (C=O) groups excluding carboxylic acids is 2. The average molecular weight is 383 g/mol. The standard InChI is InChI=1S/C20H21N3O3S/c1-20(2,3)21-18(24)13-26-19(25)16-12-15(17-10-7-11-27-17)22-23(16)14-8-5-4-6-9-14/h4-12H,13H2,1-3H3,(H,21,24). The molecule has 0 aliphatic rings. The van der Waals surface area contributed by atoms with Gasteiger partial charge in [0.15, 0.2) is 12.3 Å². The van der Waals surface area contributed by atoms with Gasteiger partial charge in [0.25, 0.3) is 5.91 Å². The van der Waals surface area contributed by atoms with Gasteiger partial charge < -0.3 is 10.1 Å². The minimum Gasteiger partial charge on any atom is -0.451 e. The summed E-state index contributed by atoms with van der Waals surface area (Å²) in [4.78, 5) is 25.5. The normalized spacial score (nSPS) is 11.2. The SMILES string of the molecule is CC(C)(C)NC(=O)COC(=O)c1cc(-c2cccs2)nn1-c1ccccc1. The molecule has 0 saturated heterocycles. The average Bonchev–Trinajstić information content (AvgIpc) is 3.28. The third-order valence-electron chi connectivity index (χ3n) is 3.54. The molecule has 2 heterocycles. The number of para-hydroxylation sites is 1. The minimum atomic E-state index is -0.599. The molecule has 27 heavy (non-hydrogen) atoms. The van der Waals surface area contributed by atoms with Crippen LogP contribution < -0.4 is 5.32 Å². The molecule has 140 valence electrons. The Morgan fingerprint density at radius 3 is 2.52 bits per heavy atom. The van der Waals surface area contributed by atoms with E-state index in [0.717, 1.165) is 10.6 Å². The first kappa shape index (κ1) is 18.8. The third-order valence-corrected chi connectivity index (χ3v) is 4.43. The number of ether oxygens (including phenoxy) is 1. The molecule has 0 aliphatic carbocycles. The van der Waals surface area contributed by atoms with Crippen LogP contribution in [0.1, 0.15) is 31.3 Å². The van der Waals surface area contributed by atoms with Gasteiger partial charge in [-0.2, -0.15) is 5.10 Å². The second-order valence-corrected chi connectivity index (χ2v) is 7.96. The molecule has 0 bridgehead atoms. The predicted molar refractivity (Wildman–Crippen MR) is 105 cm³/mol. The van der Waals surface area contributed by atoms with Crippen molar-refractivity contribution in [2.24, 2.45) is 0 Å². The van der Waals surface area contributed by atoms with E-state index < -0.39 is 5.97 Å². The van der Waals surface area contributed by atoms with Crippen LogP contribution in [-0.2, 0) is 9.53 Å². The van der Waals surface area contributed by atoms with E-state index in [0.29, 0.717) is 5.69 Å². The summed E-state index contributed by atoms with van der Waals surface area (Å²) in [6.07, 6.45) is 0. The summed E-state index contributed by atoms with van der Waals surface area (Å²) in [7, 11) is 0. The molecule has 0 unspecified atom stereocenters. The third kappa shape index (κ3) is 4.83. The lowest BCUT2D eigenvalue weighted by Crippen LogP contribution is -2.42. The quantitative estimate of drug-likeness (QED) is 0.682. The molecule has 7 heteroatoms. The number of hydrogen-bond acceptors (Lipinski definition) is 5. The Balaban J connectivity index is 1.85. The number of carbonyl (C=O) groups is 2. The van der Waals surface area contributed by atoms with Gasteiger partial charge in [0.05, 0.1) is 10.6 Å². The maximum Gasteiger partial charge on any atom is 0.357 e. The lowest BCUT2D eigenvalue weighted by Gasteiger charge is -2.20. The van der Waals surface area contributed by atoms with E-state index in [1.165, 1.54) is 11.3 Å². The van der Waals surface area contributed by atoms with Crippen LogP contribution >= 0.6 is 11.3 Å². The Morgan fingerprint density at radius 2 is 1.89 bits per heavy atom. The topological polar surface area (TPSA) is 73.2 Å². The van der Waals surface area contributed by atoms with Gasteiger partial charge in [0, 0.05) is 11.6 Å². The summed E-state index contributed by atoms with van der Waals surface area (Å²) < 4.78 is 6.76. The van der Waals surface area contributed by atoms with Crippen molar-refractivity contribution in [1.82, 2.24) is 15.1 Å². The first-order chi connectivity index (χ1) is 12.8. The van der Waals surface area contributed by atoms with Crippen LogP contribution in [0.25, 0.3) is 16.3 Å². The van der Waals surface area contributed by atoms with E-state index in [4.69, 9.17) is 4.74 Å². The number of nitrogens with one attached hydrogen (secondary N) is 1. The Hall–Kier alpha value is -2.93. The number of hydrogen-bond donors (Lipinski definition) is 1. The molecule has 1 aromatic carbocycles. The lowest BCUT2D eigenvalue weighted by molar-refractivity contribution is -0.125. The molecule has 1 N–H and O–H groups in total. The molecule has 3 aromatic rings. The number of nitrogens with zero attached hydrogens (tertiary/aromatic N) is 2. The minimum absolute atomic E-state index is 0.271. The number of amides is 1. The van der Waals surface area contributed by atoms with E-state index >= 15 is 0 Å². The van der Waals surface area contributed by atoms with Gasteiger partial charge in [-0.3, -0.25) is 4.79 Å². The molecule has 0 aliphatic heterocycles. The van der Waals surface area contributed by atoms with Gasteiger partial charge in [0.1, 0.15) is 5.69 Å². The van der Waals surface area contributed by atoms with E-state index in [2.05, 4.69) is 10.4 Å². The van der Waals surface area contributed by atoms with Gasteiger partial charge >= 0.3 is 5.97 Å². The number of thiophene rings is 1. The monoisotopic (exact) mass is 383 g/mol. The Labute approximate surface area is 161 Å². The van der Waals surface area contributed by atoms with E-state index in [9.17, 15) is 9.59 Å². The van der Waals surface area contributed by atoms with E-state index in [1.807, 2.05) is 68.6 Å². The molecule has 0 radical (unpaired) electrons. The highest BCUT2D eigenvalue weighted by Crippen LogP contribution is 2.26. The van der Waals surface area contributed by atoms with Crippen LogP contribution in [0.4, 0.5) is 0 Å². The van der Waals surface area contributed by atoms with Crippen molar-refractivity contribution >= 4 is 23.2 Å². The number of esters is 1. The van der Waals surface area contributed by atoms with Crippen LogP contribution in [-0.4, -0.2) is 33.8 Å². The lowest BCUT2D eigenvalue weighted by atomic mass is 10.1. The number of benzene rings is 1. The zero-order chi connectivity index (χ0) is 19.4. The Bertz CT molecular complexity index is 925. The number of aromatic nitrogens is 2. The van der Waals surface area contributed by atoms with Crippen LogP contribution in [0.3, 0.4) is 0 Å². The second kappa shape index (κ2) is 7.75. The fourth-order valence-corrected chi connectivity index (χ4v) is 3.18. The predicted octanol–water partition coefficient (Wildman–Crippen LogP) is 3.67. The highest BCUT2D eigenvalue weighted by Gasteiger charge is 2.21. The smallest absolute Gasteiger partial charge is 0.357 e. The van der Waals surface area contributed by atoms with Crippen molar-refractivity contribution in [3.05, 3.63) is 59.6 Å². The molecule has 3 rings (SSSR count). The maximum absolute atomic E-state index is 12.6. The summed E-state index contributed by atoms with van der Waals surface area (Å²) in [5, 5.41) is 9.27. The maximum atomic E-state index is 12.6. The zero-order valence-corrected chi connectivity index (χ0v) is 16.2. The molecular formula is C20H21N3O3S. The van der Waals surface area contributed by atoms with Gasteiger partial charge in [-0.25, -0.2) is 9.48 Å². The molecule has 0 spiro atoms. The fraction of sp³-hybridized carbons (Fsp3) is 0.250. The molecule has 1 amide bonds. The molecule has 2 aromatic heterocycles. The number of rotatable bonds is 5. The summed E-state index contributed by atoms with van der Waals surface area (Å²) >= 11 is 1.54. The molecule has 6 nitrogen and oxygen atoms in total. The highest BCUT2D eigenvalue weighted by atomic mass is 32.1. The van der Waals surface area contributed by atoms with Gasteiger partial charge in [0.2, 0.25) is 0 Å². The molecule has 0 fully saturated rings. The van der Waals surface area contributed by atoms with Crippen molar-refractivity contribution in [3.8, 4) is 16.3 Å². The first-order valence-electron chi connectivity index (χ1n) is 8.51. The van der Waals surface area contributed by atoms with Crippen LogP contribution in [0.5, 0.6) is 0 Å². The summed E-state index contributed by atoms with van der Waals surface area (Å²) in [5.41, 5.74) is 1.31. The molecular weight excluding hydrogens is 362 g/mol. The van der Waals surface area contributed by atoms with Crippen molar-refractivity contribution in [3.63, 3.8) is 0 Å². The molecule has 0 saturated carbocycles. The van der Waals surface area contributed by atoms with E-state index in [-0.39, 0.29) is 23.7 Å². The van der Waals surface area contributed by atoms with Crippen LogP contribution in [0.2, 0.25) is 0 Å². The Morgan fingerprint density at radius 1 is 1.15 bits per heavy atom. The zero-order valence-electron chi connectivity index (χ0n) is 15.4. The van der Waals surface area contributed by atoms with Crippen molar-refractivity contribution in [2.45, 2.75) is 26.3 Å². The summed E-state index contributed by atoms with van der Waals surface area (Å²) in [5.74, 6) is -0.946. The highest BCUT2D eigenvalue weighted by molar-refractivity contribution is 7.13. The van der Waals surface area contributed by atoms with Crippen molar-refractivity contribution < 1.29 is 14.3 Å². The van der Waals surface area contributed by atoms with Crippen molar-refractivity contribution in [2.75, 3.05) is 6.61 Å². The van der Waals surface area contributed by atoms with Gasteiger partial charge in [-0.1, -0.05) is 24.3 Å². The van der Waals surface area contributed by atoms with Crippen LogP contribution in [0.15, 0.2) is 53.9 Å². The van der Waals surface area contributed by atoms with Gasteiger partial charge in [-0.15, -0.1) is 11.3 Å². The van der Waals surface area contributed by atoms with E-state index in [1.54, 1.807) is 10.7 Å². The fourth-order valence-electron chi connectivity index (χ4n) is 2.50. The van der Waals surface area contributed by atoms with Gasteiger partial charge in [-0.05, 0) is 44.4 Å². The van der Waals surface area contributed by atoms with Crippen LogP contribution in [0, 0.1) is 0 Å². The summed E-state index contributed by atoms with van der Waals surface area (Å²) in [6, 6.07) is 14.9. The molecule has 0 atom stereocenters. The largest absolute Gasteiger partial charge is 0.451 e. The summed E-state index contributed by atoms with van der Waals surface area (Å²) in [6.45, 7) is 5.25. The Kier molecular flexibility index (Phi) is 5.41. The van der Waals surface area contributed by atoms with Crippen molar-refractivity contribution in [1.29, 1.82) is 0 Å². The first-order valence-corrected chi connectivity index (χ1v) is 9.39. The second-order valence-electron chi connectivity index (χ2n) is 7.01.